The lowest BCUT2D eigenvalue weighted by Gasteiger charge is -1.94. The molecule has 0 radical (unpaired) electrons. The van der Waals surface area contributed by atoms with Crippen LogP contribution in [0.1, 0.15) is 5.56 Å². The van der Waals surface area contributed by atoms with E-state index in [4.69, 9.17) is 5.26 Å². The highest BCUT2D eigenvalue weighted by Gasteiger charge is 2.02. The third kappa shape index (κ3) is 1.58. The zero-order valence-electron chi connectivity index (χ0n) is 9.14. The van der Waals surface area contributed by atoms with Crippen LogP contribution in [0.3, 0.4) is 0 Å². The van der Waals surface area contributed by atoms with Crippen molar-refractivity contribution in [2.24, 2.45) is 0 Å². The van der Waals surface area contributed by atoms with Crippen LogP contribution in [0.25, 0.3) is 27.9 Å². The normalized spacial score (nSPS) is 11.2. The first-order valence-corrected chi connectivity index (χ1v) is 5.45. The van der Waals surface area contributed by atoms with Crippen LogP contribution < -0.4 is 0 Å². The summed E-state index contributed by atoms with van der Waals surface area (Å²) >= 11 is 0. The van der Waals surface area contributed by atoms with E-state index in [1.165, 1.54) is 16.8 Å². The number of hydrogen-bond acceptors (Lipinski definition) is 1. The molecule has 0 atom stereocenters. The summed E-state index contributed by atoms with van der Waals surface area (Å²) in [5.41, 5.74) is 3.31. The Kier molecular flexibility index (Phi) is 2.16. The number of nitriles is 1. The van der Waals surface area contributed by atoms with Crippen molar-refractivity contribution < 1.29 is 0 Å². The molecule has 80 valence electrons. The van der Waals surface area contributed by atoms with Gasteiger partial charge in [0.1, 0.15) is 0 Å². The first kappa shape index (κ1) is 9.68. The van der Waals surface area contributed by atoms with Gasteiger partial charge in [0, 0.05) is 27.9 Å². The van der Waals surface area contributed by atoms with Crippen LogP contribution in [0.4, 0.5) is 0 Å². The summed E-state index contributed by atoms with van der Waals surface area (Å²) in [5, 5.41) is 10.9. The maximum atomic E-state index is 8.53. The first-order valence-electron chi connectivity index (χ1n) is 5.45. The molecule has 0 aliphatic heterocycles. The quantitative estimate of drug-likeness (QED) is 0.619. The Morgan fingerprint density at radius 1 is 1.00 bits per heavy atom. The predicted molar refractivity (Wildman–Crippen MR) is 70.5 cm³/mol. The molecule has 3 rings (SSSR count). The van der Waals surface area contributed by atoms with Crippen molar-refractivity contribution in [1.29, 1.82) is 5.26 Å². The summed E-state index contributed by atoms with van der Waals surface area (Å²) in [7, 11) is 0. The number of allylic oxidation sites excluding steroid dienone is 1. The van der Waals surface area contributed by atoms with Crippen LogP contribution in [0.5, 0.6) is 0 Å². The number of aromatic nitrogens is 1. The van der Waals surface area contributed by atoms with E-state index in [0.717, 1.165) is 16.6 Å². The Hall–Kier alpha value is -2.53. The summed E-state index contributed by atoms with van der Waals surface area (Å²) in [6.45, 7) is 0. The van der Waals surface area contributed by atoms with Crippen LogP contribution in [-0.4, -0.2) is 4.98 Å². The Morgan fingerprint density at radius 3 is 2.71 bits per heavy atom. The molecule has 0 unspecified atom stereocenters. The standard InChI is InChI=1S/C15H10N2/c16-9-3-4-11-7-8-15-13(10-11)12-5-1-2-6-14(12)17-15/h1-8,10,17H. The van der Waals surface area contributed by atoms with Crippen molar-refractivity contribution in [3.8, 4) is 6.07 Å². The van der Waals surface area contributed by atoms with Crippen LogP contribution >= 0.6 is 0 Å². The van der Waals surface area contributed by atoms with Gasteiger partial charge in [0.15, 0.2) is 0 Å². The number of H-pyrrole nitrogens is 1. The van der Waals surface area contributed by atoms with Gasteiger partial charge in [0.25, 0.3) is 0 Å². The summed E-state index contributed by atoms with van der Waals surface area (Å²) in [6.07, 6.45) is 3.32. The highest BCUT2D eigenvalue weighted by molar-refractivity contribution is 6.07. The van der Waals surface area contributed by atoms with E-state index in [9.17, 15) is 0 Å². The fourth-order valence-corrected chi connectivity index (χ4v) is 2.10. The van der Waals surface area contributed by atoms with Crippen molar-refractivity contribution in [3.63, 3.8) is 0 Å². The second kappa shape index (κ2) is 3.80. The van der Waals surface area contributed by atoms with E-state index in [-0.39, 0.29) is 0 Å². The van der Waals surface area contributed by atoms with Crippen LogP contribution in [0, 0.1) is 11.3 Å². The Balaban J connectivity index is 2.30. The van der Waals surface area contributed by atoms with E-state index < -0.39 is 0 Å². The monoisotopic (exact) mass is 218 g/mol. The fourth-order valence-electron chi connectivity index (χ4n) is 2.10. The van der Waals surface area contributed by atoms with Crippen molar-refractivity contribution in [1.82, 2.24) is 4.98 Å². The number of aromatic amines is 1. The molecule has 3 aromatic rings. The minimum Gasteiger partial charge on any atom is -0.355 e. The average Bonchev–Trinajstić information content (AvgIpc) is 2.74. The van der Waals surface area contributed by atoms with Crippen LogP contribution in [0.15, 0.2) is 48.5 Å². The lowest BCUT2D eigenvalue weighted by atomic mass is 10.1. The number of para-hydroxylation sites is 1. The number of benzene rings is 2. The Labute approximate surface area is 98.8 Å². The first-order chi connectivity index (χ1) is 8.38. The van der Waals surface area contributed by atoms with E-state index in [1.54, 1.807) is 0 Å². The van der Waals surface area contributed by atoms with Gasteiger partial charge in [-0.05, 0) is 29.8 Å². The van der Waals surface area contributed by atoms with Crippen LogP contribution in [-0.2, 0) is 0 Å². The molecule has 0 saturated heterocycles. The lowest BCUT2D eigenvalue weighted by Crippen LogP contribution is -1.72. The van der Waals surface area contributed by atoms with Gasteiger partial charge in [-0.3, -0.25) is 0 Å². The van der Waals surface area contributed by atoms with E-state index >= 15 is 0 Å². The summed E-state index contributed by atoms with van der Waals surface area (Å²) in [6, 6.07) is 16.4. The molecule has 0 aliphatic carbocycles. The number of rotatable bonds is 1. The SMILES string of the molecule is N#CC=Cc1ccc2[nH]c3ccccc3c2c1. The van der Waals surface area contributed by atoms with Gasteiger partial charge in [-0.15, -0.1) is 0 Å². The van der Waals surface area contributed by atoms with E-state index in [2.05, 4.69) is 23.2 Å². The lowest BCUT2D eigenvalue weighted by molar-refractivity contribution is 1.53. The third-order valence-electron chi connectivity index (χ3n) is 2.88. The Morgan fingerprint density at radius 2 is 1.82 bits per heavy atom. The largest absolute Gasteiger partial charge is 0.355 e. The third-order valence-corrected chi connectivity index (χ3v) is 2.88. The van der Waals surface area contributed by atoms with Crippen molar-refractivity contribution in [2.45, 2.75) is 0 Å². The molecule has 2 nitrogen and oxygen atoms in total. The maximum absolute atomic E-state index is 8.53. The predicted octanol–water partition coefficient (Wildman–Crippen LogP) is 3.86. The summed E-state index contributed by atoms with van der Waals surface area (Å²) < 4.78 is 0. The average molecular weight is 218 g/mol. The van der Waals surface area contributed by atoms with Crippen molar-refractivity contribution >= 4 is 27.9 Å². The molecule has 1 aromatic heterocycles. The van der Waals surface area contributed by atoms with Gasteiger partial charge in [-0.25, -0.2) is 0 Å². The zero-order valence-corrected chi connectivity index (χ0v) is 9.14. The van der Waals surface area contributed by atoms with Crippen LogP contribution in [0.2, 0.25) is 0 Å². The maximum Gasteiger partial charge on any atom is 0.0912 e. The number of nitrogens with one attached hydrogen (secondary N) is 1. The van der Waals surface area contributed by atoms with Gasteiger partial charge < -0.3 is 4.98 Å². The molecule has 1 heterocycles. The second-order valence-corrected chi connectivity index (χ2v) is 3.94. The van der Waals surface area contributed by atoms with Gasteiger partial charge in [-0.1, -0.05) is 24.3 Å². The fraction of sp³-hybridized carbons (Fsp3) is 0. The van der Waals surface area contributed by atoms with E-state index in [0.29, 0.717) is 0 Å². The molecule has 0 bridgehead atoms. The topological polar surface area (TPSA) is 39.6 Å². The van der Waals surface area contributed by atoms with Gasteiger partial charge in [0.05, 0.1) is 6.07 Å². The molecular weight excluding hydrogens is 208 g/mol. The highest BCUT2D eigenvalue weighted by Crippen LogP contribution is 2.26. The Bertz CT molecular complexity index is 757. The molecule has 0 spiro atoms. The number of fused-ring (bicyclic) bond motifs is 3. The molecule has 0 fully saturated rings. The van der Waals surface area contributed by atoms with Gasteiger partial charge >= 0.3 is 0 Å². The van der Waals surface area contributed by atoms with Crippen molar-refractivity contribution in [2.75, 3.05) is 0 Å². The minimum absolute atomic E-state index is 1.05. The second-order valence-electron chi connectivity index (χ2n) is 3.94. The molecule has 2 aromatic carbocycles. The number of hydrogen-bond donors (Lipinski definition) is 1. The van der Waals surface area contributed by atoms with Crippen molar-refractivity contribution in [3.05, 3.63) is 54.1 Å². The summed E-state index contributed by atoms with van der Waals surface area (Å²) in [5.74, 6) is 0. The molecule has 2 heteroatoms. The molecular formula is C15H10N2. The highest BCUT2D eigenvalue weighted by atomic mass is 14.7. The molecule has 1 N–H and O–H groups in total. The van der Waals surface area contributed by atoms with Gasteiger partial charge in [0.2, 0.25) is 0 Å². The zero-order chi connectivity index (χ0) is 11.7. The molecule has 0 saturated carbocycles. The molecule has 17 heavy (non-hydrogen) atoms. The summed E-state index contributed by atoms with van der Waals surface area (Å²) in [4.78, 5) is 3.37. The van der Waals surface area contributed by atoms with Gasteiger partial charge in [-0.2, -0.15) is 5.26 Å². The minimum atomic E-state index is 1.05. The van der Waals surface area contributed by atoms with E-state index in [1.807, 2.05) is 36.4 Å². The molecule has 0 aliphatic rings. The number of nitrogens with zero attached hydrogens (tertiary/aromatic N) is 1. The smallest absolute Gasteiger partial charge is 0.0912 e. The molecule has 0 amide bonds.